The molecular weight excluding hydrogens is 475 g/mol. The van der Waals surface area contributed by atoms with Gasteiger partial charge in [0, 0.05) is 35.3 Å². The van der Waals surface area contributed by atoms with Crippen LogP contribution >= 0.6 is 11.8 Å². The minimum atomic E-state index is -0.958. The molecule has 1 amide bonds. The van der Waals surface area contributed by atoms with Crippen LogP contribution in [0, 0.1) is 5.82 Å². The predicted octanol–water partition coefficient (Wildman–Crippen LogP) is 5.40. The Morgan fingerprint density at radius 3 is 2.33 bits per heavy atom. The number of aliphatic carboxylic acids is 1. The molecule has 7 heteroatoms. The van der Waals surface area contributed by atoms with Gasteiger partial charge in [0.2, 0.25) is 0 Å². The van der Waals surface area contributed by atoms with Gasteiger partial charge in [-0.1, -0.05) is 48.9 Å². The van der Waals surface area contributed by atoms with Gasteiger partial charge in [-0.2, -0.15) is 0 Å². The number of nitrogens with zero attached hydrogens (tertiary/aromatic N) is 1. The topological polar surface area (TPSA) is 69.6 Å². The number of carboxylic acids is 1. The second kappa shape index (κ2) is 12.2. The van der Waals surface area contributed by atoms with E-state index in [1.165, 1.54) is 17.0 Å². The second-order valence-corrected chi connectivity index (χ2v) is 10.5. The van der Waals surface area contributed by atoms with E-state index < -0.39 is 12.0 Å². The molecule has 5 nitrogen and oxygen atoms in total. The Bertz CT molecular complexity index is 1160. The van der Waals surface area contributed by atoms with Crippen molar-refractivity contribution in [1.29, 1.82) is 0 Å². The zero-order valence-electron chi connectivity index (χ0n) is 20.3. The number of benzene rings is 3. The standard InChI is InChI=1S/C29H31FN2O3S/c1-32(26-8-5-9-27(26)36-24-6-3-2-4-7-24)28(33)22-14-10-20(11-15-22)18-25(29(34)35)31-19-21-12-16-23(30)17-13-21/h2-4,6-7,10-17,25-27,31H,5,8-9,18-19H2,1H3,(H,34,35)/t25-,26?,27?/m0/s1. The van der Waals surface area contributed by atoms with E-state index >= 15 is 0 Å². The largest absolute Gasteiger partial charge is 0.480 e. The fourth-order valence-corrected chi connectivity index (χ4v) is 6.05. The quantitative estimate of drug-likeness (QED) is 0.386. The summed E-state index contributed by atoms with van der Waals surface area (Å²) in [6.07, 6.45) is 3.46. The van der Waals surface area contributed by atoms with Crippen LogP contribution in [0.3, 0.4) is 0 Å². The van der Waals surface area contributed by atoms with Gasteiger partial charge in [0.15, 0.2) is 0 Å². The molecule has 4 rings (SSSR count). The summed E-state index contributed by atoms with van der Waals surface area (Å²) in [4.78, 5) is 28.1. The van der Waals surface area contributed by atoms with E-state index in [2.05, 4.69) is 17.4 Å². The van der Waals surface area contributed by atoms with Crippen molar-refractivity contribution in [2.75, 3.05) is 7.05 Å². The Kier molecular flexibility index (Phi) is 8.78. The van der Waals surface area contributed by atoms with Gasteiger partial charge < -0.3 is 15.3 Å². The molecule has 3 aromatic rings. The number of hydrogen-bond acceptors (Lipinski definition) is 4. The summed E-state index contributed by atoms with van der Waals surface area (Å²) >= 11 is 1.84. The van der Waals surface area contributed by atoms with Crippen molar-refractivity contribution in [2.45, 2.75) is 54.5 Å². The molecule has 0 radical (unpaired) electrons. The Morgan fingerprint density at radius 2 is 1.67 bits per heavy atom. The van der Waals surface area contributed by atoms with Gasteiger partial charge >= 0.3 is 5.97 Å². The third-order valence-corrected chi connectivity index (χ3v) is 8.07. The van der Waals surface area contributed by atoms with Gasteiger partial charge in [0.1, 0.15) is 11.9 Å². The molecule has 0 spiro atoms. The van der Waals surface area contributed by atoms with Crippen LogP contribution in [-0.4, -0.2) is 46.3 Å². The van der Waals surface area contributed by atoms with Gasteiger partial charge in [-0.15, -0.1) is 11.8 Å². The highest BCUT2D eigenvalue weighted by Gasteiger charge is 2.33. The van der Waals surface area contributed by atoms with Crippen LogP contribution in [0.4, 0.5) is 4.39 Å². The lowest BCUT2D eigenvalue weighted by Crippen LogP contribution is -2.40. The van der Waals surface area contributed by atoms with Crippen molar-refractivity contribution in [3.05, 3.63) is 101 Å². The summed E-state index contributed by atoms with van der Waals surface area (Å²) in [5.41, 5.74) is 2.23. The number of amides is 1. The zero-order chi connectivity index (χ0) is 25.5. The van der Waals surface area contributed by atoms with Crippen LogP contribution in [0.25, 0.3) is 0 Å². The Hall–Kier alpha value is -3.16. The molecule has 1 aliphatic rings. The number of carboxylic acid groups (broad SMARTS) is 1. The van der Waals surface area contributed by atoms with E-state index in [0.717, 1.165) is 30.4 Å². The van der Waals surface area contributed by atoms with Crippen molar-refractivity contribution < 1.29 is 19.1 Å². The Morgan fingerprint density at radius 1 is 1.00 bits per heavy atom. The van der Waals surface area contributed by atoms with Crippen molar-refractivity contribution in [3.63, 3.8) is 0 Å². The van der Waals surface area contributed by atoms with Crippen molar-refractivity contribution in [3.8, 4) is 0 Å². The lowest BCUT2D eigenvalue weighted by atomic mass is 10.0. The van der Waals surface area contributed by atoms with Gasteiger partial charge in [0.25, 0.3) is 5.91 Å². The number of nitrogens with one attached hydrogen (secondary N) is 1. The lowest BCUT2D eigenvalue weighted by molar-refractivity contribution is -0.139. The number of rotatable bonds is 10. The monoisotopic (exact) mass is 506 g/mol. The Labute approximate surface area is 215 Å². The van der Waals surface area contributed by atoms with Crippen LogP contribution in [0.15, 0.2) is 83.8 Å². The van der Waals surface area contributed by atoms with E-state index in [9.17, 15) is 19.1 Å². The zero-order valence-corrected chi connectivity index (χ0v) is 21.1. The molecule has 0 bridgehead atoms. The summed E-state index contributed by atoms with van der Waals surface area (Å²) in [5.74, 6) is -1.30. The highest BCUT2D eigenvalue weighted by molar-refractivity contribution is 8.00. The predicted molar refractivity (Wildman–Crippen MR) is 141 cm³/mol. The molecule has 36 heavy (non-hydrogen) atoms. The number of hydrogen-bond donors (Lipinski definition) is 2. The molecule has 3 atom stereocenters. The molecule has 1 fully saturated rings. The molecule has 0 saturated heterocycles. The van der Waals surface area contributed by atoms with Gasteiger partial charge in [0.05, 0.1) is 0 Å². The van der Waals surface area contributed by atoms with Crippen LogP contribution in [0.5, 0.6) is 0 Å². The molecule has 0 aliphatic heterocycles. The molecular formula is C29H31FN2O3S. The highest BCUT2D eigenvalue weighted by atomic mass is 32.2. The summed E-state index contributed by atoms with van der Waals surface area (Å²) < 4.78 is 13.1. The molecule has 188 valence electrons. The molecule has 0 aromatic heterocycles. The molecule has 2 unspecified atom stereocenters. The van der Waals surface area contributed by atoms with Crippen LogP contribution in [0.2, 0.25) is 0 Å². The lowest BCUT2D eigenvalue weighted by Gasteiger charge is -2.29. The van der Waals surface area contributed by atoms with Gasteiger partial charge in [-0.25, -0.2) is 4.39 Å². The number of thioether (sulfide) groups is 1. The van der Waals surface area contributed by atoms with Crippen LogP contribution in [0.1, 0.15) is 40.7 Å². The first-order valence-corrected chi connectivity index (χ1v) is 13.1. The fraction of sp³-hybridized carbons (Fsp3) is 0.310. The van der Waals surface area contributed by atoms with E-state index in [1.807, 2.05) is 54.0 Å². The van der Waals surface area contributed by atoms with E-state index in [1.54, 1.807) is 24.3 Å². The second-order valence-electron chi connectivity index (χ2n) is 9.18. The SMILES string of the molecule is CN(C(=O)c1ccc(C[C@H](NCc2ccc(F)cc2)C(=O)O)cc1)C1CCCC1Sc1ccccc1. The summed E-state index contributed by atoms with van der Waals surface area (Å²) in [6.45, 7) is 0.322. The van der Waals surface area contributed by atoms with Crippen molar-refractivity contribution in [1.82, 2.24) is 10.2 Å². The summed E-state index contributed by atoms with van der Waals surface area (Å²) in [7, 11) is 1.88. The first kappa shape index (κ1) is 25.9. The Balaban J connectivity index is 1.35. The first-order chi connectivity index (χ1) is 17.4. The molecule has 0 heterocycles. The van der Waals surface area contributed by atoms with Crippen molar-refractivity contribution >= 4 is 23.6 Å². The molecule has 1 saturated carbocycles. The molecule has 3 aromatic carbocycles. The van der Waals surface area contributed by atoms with E-state index in [4.69, 9.17) is 0 Å². The van der Waals surface area contributed by atoms with E-state index in [-0.39, 0.29) is 24.2 Å². The maximum Gasteiger partial charge on any atom is 0.321 e. The minimum Gasteiger partial charge on any atom is -0.480 e. The van der Waals surface area contributed by atoms with E-state index in [0.29, 0.717) is 17.4 Å². The fourth-order valence-electron chi connectivity index (χ4n) is 4.62. The number of carbonyl (C=O) groups excluding carboxylic acids is 1. The third-order valence-electron chi connectivity index (χ3n) is 6.67. The normalized spacial score (nSPS) is 18.1. The minimum absolute atomic E-state index is 0.0173. The number of halogens is 1. The van der Waals surface area contributed by atoms with Crippen molar-refractivity contribution in [2.24, 2.45) is 0 Å². The van der Waals surface area contributed by atoms with Crippen LogP contribution in [-0.2, 0) is 17.8 Å². The van der Waals surface area contributed by atoms with Gasteiger partial charge in [-0.3, -0.25) is 9.59 Å². The summed E-state index contributed by atoms with van der Waals surface area (Å²) in [6, 6.07) is 22.9. The smallest absolute Gasteiger partial charge is 0.321 e. The first-order valence-electron chi connectivity index (χ1n) is 12.2. The average Bonchev–Trinajstić information content (AvgIpc) is 3.35. The maximum atomic E-state index is 13.2. The average molecular weight is 507 g/mol. The third kappa shape index (κ3) is 6.74. The van der Waals surface area contributed by atoms with Gasteiger partial charge in [-0.05, 0) is 66.8 Å². The maximum absolute atomic E-state index is 13.2. The van der Waals surface area contributed by atoms with Crippen LogP contribution < -0.4 is 5.32 Å². The number of carbonyl (C=O) groups is 2. The molecule has 1 aliphatic carbocycles. The summed E-state index contributed by atoms with van der Waals surface area (Å²) in [5, 5.41) is 13.0. The molecule has 2 N–H and O–H groups in total. The highest BCUT2D eigenvalue weighted by Crippen LogP contribution is 2.37.